The molecule has 0 spiro atoms. The number of rotatable bonds is 5. The molecule has 3 aromatic rings. The van der Waals surface area contributed by atoms with Crippen LogP contribution in [-0.4, -0.2) is 49.3 Å². The fraction of sp³-hybridized carbons (Fsp3) is 0.438. The quantitative estimate of drug-likeness (QED) is 0.709. The Balaban J connectivity index is 1.67. The van der Waals surface area contributed by atoms with Gasteiger partial charge in [-0.3, -0.25) is 14.5 Å². The predicted octanol–water partition coefficient (Wildman–Crippen LogP) is 1.79. The van der Waals surface area contributed by atoms with E-state index in [2.05, 4.69) is 20.2 Å². The van der Waals surface area contributed by atoms with Crippen LogP contribution in [0.1, 0.15) is 41.8 Å². The van der Waals surface area contributed by atoms with Crippen LogP contribution in [0.3, 0.4) is 0 Å². The van der Waals surface area contributed by atoms with Crippen LogP contribution in [0.15, 0.2) is 23.0 Å². The molecule has 0 saturated carbocycles. The molecule has 0 unspecified atom stereocenters. The molecule has 1 amide bonds. The normalized spacial score (nSPS) is 11.4. The van der Waals surface area contributed by atoms with Crippen LogP contribution < -0.4 is 0 Å². The summed E-state index contributed by atoms with van der Waals surface area (Å²) in [6.45, 7) is 4.49. The number of carbonyl (C=O) groups is 1. The monoisotopic (exact) mass is 328 g/mol. The lowest BCUT2D eigenvalue weighted by Gasteiger charge is -2.16. The summed E-state index contributed by atoms with van der Waals surface area (Å²) in [6.07, 6.45) is 3.80. The van der Waals surface area contributed by atoms with E-state index in [0.717, 1.165) is 11.0 Å². The molecule has 0 radical (unpaired) electrons. The SMILES string of the molecule is CC(C)c1nc(CCN(C)C(=O)c2cnc3cnn(C)c3c2)no1. The van der Waals surface area contributed by atoms with Gasteiger partial charge in [-0.1, -0.05) is 19.0 Å². The van der Waals surface area contributed by atoms with Gasteiger partial charge in [0.15, 0.2) is 5.82 Å². The fourth-order valence-corrected chi connectivity index (χ4v) is 2.34. The highest BCUT2D eigenvalue weighted by molar-refractivity contribution is 5.96. The first kappa shape index (κ1) is 16.1. The second-order valence-corrected chi connectivity index (χ2v) is 6.08. The van der Waals surface area contributed by atoms with Crippen molar-refractivity contribution in [2.24, 2.45) is 7.05 Å². The smallest absolute Gasteiger partial charge is 0.255 e. The second kappa shape index (κ2) is 6.38. The lowest BCUT2D eigenvalue weighted by atomic mass is 10.2. The Morgan fingerprint density at radius 1 is 1.38 bits per heavy atom. The highest BCUT2D eigenvalue weighted by Crippen LogP contribution is 2.14. The van der Waals surface area contributed by atoms with E-state index in [1.807, 2.05) is 20.9 Å². The molecular weight excluding hydrogens is 308 g/mol. The van der Waals surface area contributed by atoms with Gasteiger partial charge in [0.1, 0.15) is 5.52 Å². The van der Waals surface area contributed by atoms with Crippen molar-refractivity contribution in [1.29, 1.82) is 0 Å². The maximum Gasteiger partial charge on any atom is 0.255 e. The molecule has 0 aliphatic carbocycles. The summed E-state index contributed by atoms with van der Waals surface area (Å²) in [5, 5.41) is 8.07. The first-order chi connectivity index (χ1) is 11.5. The predicted molar refractivity (Wildman–Crippen MR) is 87.6 cm³/mol. The van der Waals surface area contributed by atoms with Crippen LogP contribution in [0.2, 0.25) is 0 Å². The van der Waals surface area contributed by atoms with Gasteiger partial charge in [-0.2, -0.15) is 10.1 Å². The van der Waals surface area contributed by atoms with E-state index in [9.17, 15) is 4.79 Å². The van der Waals surface area contributed by atoms with Crippen molar-refractivity contribution in [1.82, 2.24) is 29.8 Å². The number of fused-ring (bicyclic) bond motifs is 1. The minimum absolute atomic E-state index is 0.0989. The topological polar surface area (TPSA) is 89.9 Å². The van der Waals surface area contributed by atoms with E-state index in [0.29, 0.717) is 30.2 Å². The van der Waals surface area contributed by atoms with Gasteiger partial charge in [-0.25, -0.2) is 0 Å². The van der Waals surface area contributed by atoms with Crippen molar-refractivity contribution >= 4 is 16.9 Å². The molecule has 0 aliphatic heterocycles. The lowest BCUT2D eigenvalue weighted by molar-refractivity contribution is 0.0795. The summed E-state index contributed by atoms with van der Waals surface area (Å²) in [5.74, 6) is 1.32. The number of pyridine rings is 1. The molecular formula is C16H20N6O2. The number of hydrogen-bond acceptors (Lipinski definition) is 6. The van der Waals surface area contributed by atoms with E-state index in [1.54, 1.807) is 35.1 Å². The Labute approximate surface area is 139 Å². The molecule has 0 fully saturated rings. The van der Waals surface area contributed by atoms with Gasteiger partial charge in [0.25, 0.3) is 5.91 Å². The van der Waals surface area contributed by atoms with Gasteiger partial charge in [0.05, 0.1) is 17.3 Å². The molecule has 24 heavy (non-hydrogen) atoms. The number of carbonyl (C=O) groups excluding carboxylic acids is 1. The number of hydrogen-bond donors (Lipinski definition) is 0. The van der Waals surface area contributed by atoms with E-state index in [4.69, 9.17) is 4.52 Å². The van der Waals surface area contributed by atoms with Gasteiger partial charge in [-0.05, 0) is 6.07 Å². The zero-order valence-corrected chi connectivity index (χ0v) is 14.2. The Hall–Kier alpha value is -2.77. The van der Waals surface area contributed by atoms with Crippen LogP contribution in [0.25, 0.3) is 11.0 Å². The summed E-state index contributed by atoms with van der Waals surface area (Å²) in [5.41, 5.74) is 2.13. The molecule has 0 saturated heterocycles. The molecule has 0 atom stereocenters. The third-order valence-electron chi connectivity index (χ3n) is 3.84. The highest BCUT2D eigenvalue weighted by atomic mass is 16.5. The van der Waals surface area contributed by atoms with Crippen molar-refractivity contribution in [2.75, 3.05) is 13.6 Å². The minimum atomic E-state index is -0.0989. The zero-order valence-electron chi connectivity index (χ0n) is 14.2. The number of aryl methyl sites for hydroxylation is 1. The Kier molecular flexibility index (Phi) is 4.28. The van der Waals surface area contributed by atoms with Crippen molar-refractivity contribution in [3.8, 4) is 0 Å². The molecule has 3 heterocycles. The van der Waals surface area contributed by atoms with Crippen LogP contribution >= 0.6 is 0 Å². The van der Waals surface area contributed by atoms with E-state index >= 15 is 0 Å². The molecule has 0 bridgehead atoms. The van der Waals surface area contributed by atoms with Gasteiger partial charge in [-0.15, -0.1) is 0 Å². The van der Waals surface area contributed by atoms with E-state index in [1.165, 1.54) is 0 Å². The van der Waals surface area contributed by atoms with Crippen LogP contribution in [-0.2, 0) is 13.5 Å². The maximum atomic E-state index is 12.5. The number of aromatic nitrogens is 5. The average molecular weight is 328 g/mol. The Morgan fingerprint density at radius 2 is 2.17 bits per heavy atom. The van der Waals surface area contributed by atoms with E-state index < -0.39 is 0 Å². The van der Waals surface area contributed by atoms with Crippen molar-refractivity contribution in [3.05, 3.63) is 35.7 Å². The third kappa shape index (κ3) is 3.12. The van der Waals surface area contributed by atoms with E-state index in [-0.39, 0.29) is 11.8 Å². The van der Waals surface area contributed by atoms with Gasteiger partial charge < -0.3 is 9.42 Å². The van der Waals surface area contributed by atoms with Crippen LogP contribution in [0.5, 0.6) is 0 Å². The summed E-state index contributed by atoms with van der Waals surface area (Å²) in [7, 11) is 3.57. The number of amides is 1. The lowest BCUT2D eigenvalue weighted by Crippen LogP contribution is -2.29. The average Bonchev–Trinajstić information content (AvgIpc) is 3.19. The summed E-state index contributed by atoms with van der Waals surface area (Å²) < 4.78 is 6.87. The van der Waals surface area contributed by atoms with Crippen molar-refractivity contribution in [3.63, 3.8) is 0 Å². The van der Waals surface area contributed by atoms with Gasteiger partial charge in [0, 0.05) is 39.2 Å². The first-order valence-electron chi connectivity index (χ1n) is 7.81. The fourth-order valence-electron chi connectivity index (χ4n) is 2.34. The standard InChI is InChI=1S/C16H20N6O2/c1-10(2)15-19-14(20-24-15)5-6-21(3)16(23)11-7-13-12(17-8-11)9-18-22(13)4/h7-10H,5-6H2,1-4H3. The van der Waals surface area contributed by atoms with Crippen molar-refractivity contribution in [2.45, 2.75) is 26.2 Å². The second-order valence-electron chi connectivity index (χ2n) is 6.08. The van der Waals surface area contributed by atoms with Gasteiger partial charge in [0.2, 0.25) is 5.89 Å². The Morgan fingerprint density at radius 3 is 2.88 bits per heavy atom. The van der Waals surface area contributed by atoms with Gasteiger partial charge >= 0.3 is 0 Å². The molecule has 8 nitrogen and oxygen atoms in total. The first-order valence-corrected chi connectivity index (χ1v) is 7.81. The van der Waals surface area contributed by atoms with Crippen LogP contribution in [0, 0.1) is 0 Å². The third-order valence-corrected chi connectivity index (χ3v) is 3.84. The highest BCUT2D eigenvalue weighted by Gasteiger charge is 2.16. The maximum absolute atomic E-state index is 12.5. The summed E-state index contributed by atoms with van der Waals surface area (Å²) >= 11 is 0. The number of nitrogens with zero attached hydrogens (tertiary/aromatic N) is 6. The van der Waals surface area contributed by atoms with Crippen molar-refractivity contribution < 1.29 is 9.32 Å². The molecule has 0 aromatic carbocycles. The zero-order chi connectivity index (χ0) is 17.3. The summed E-state index contributed by atoms with van der Waals surface area (Å²) in [4.78, 5) is 22.8. The molecule has 126 valence electrons. The van der Waals surface area contributed by atoms with Crippen LogP contribution in [0.4, 0.5) is 0 Å². The molecule has 0 N–H and O–H groups in total. The molecule has 3 aromatic heterocycles. The Bertz CT molecular complexity index is 866. The molecule has 8 heteroatoms. The number of likely N-dealkylation sites (N-methyl/N-ethyl adjacent to an activating group) is 1. The molecule has 3 rings (SSSR count). The summed E-state index contributed by atoms with van der Waals surface area (Å²) in [6, 6.07) is 1.80. The minimum Gasteiger partial charge on any atom is -0.341 e. The largest absolute Gasteiger partial charge is 0.341 e. The molecule has 0 aliphatic rings.